The van der Waals surface area contributed by atoms with Crippen molar-refractivity contribution in [2.75, 3.05) is 5.73 Å². The van der Waals surface area contributed by atoms with Crippen molar-refractivity contribution < 1.29 is 18.0 Å². The van der Waals surface area contributed by atoms with E-state index in [1.54, 1.807) is 42.5 Å². The quantitative estimate of drug-likeness (QED) is 0.746. The predicted molar refractivity (Wildman–Crippen MR) is 76.2 cm³/mol. The van der Waals surface area contributed by atoms with Gasteiger partial charge in [-0.2, -0.15) is 13.8 Å². The highest BCUT2D eigenvalue weighted by molar-refractivity contribution is 5.66. The van der Waals surface area contributed by atoms with Crippen LogP contribution in [0.15, 0.2) is 53.1 Å². The fourth-order valence-corrected chi connectivity index (χ4v) is 1.93. The maximum absolute atomic E-state index is 12.4. The van der Waals surface area contributed by atoms with Crippen LogP contribution in [0.2, 0.25) is 0 Å². The summed E-state index contributed by atoms with van der Waals surface area (Å²) >= 11 is 0. The minimum absolute atomic E-state index is 0.0119. The lowest BCUT2D eigenvalue weighted by Crippen LogP contribution is -2.03. The smallest absolute Gasteiger partial charge is 0.387 e. The standard InChI is InChI=1S/C15H11F2N3O2/c16-15(17)21-12-4-2-1-3-11(12)13-19-14(22-20-13)9-5-7-10(18)8-6-9/h1-8,15H,18H2. The monoisotopic (exact) mass is 303 g/mol. The Balaban J connectivity index is 1.96. The highest BCUT2D eigenvalue weighted by Gasteiger charge is 2.16. The van der Waals surface area contributed by atoms with E-state index in [-0.39, 0.29) is 17.5 Å². The highest BCUT2D eigenvalue weighted by Crippen LogP contribution is 2.30. The van der Waals surface area contributed by atoms with Crippen LogP contribution in [-0.4, -0.2) is 16.8 Å². The molecule has 112 valence electrons. The number of alkyl halides is 2. The molecule has 3 aromatic rings. The third-order valence-corrected chi connectivity index (χ3v) is 2.93. The van der Waals surface area contributed by atoms with Crippen molar-refractivity contribution in [1.82, 2.24) is 10.1 Å². The van der Waals surface area contributed by atoms with Crippen LogP contribution in [-0.2, 0) is 0 Å². The van der Waals surface area contributed by atoms with E-state index in [4.69, 9.17) is 10.3 Å². The minimum Gasteiger partial charge on any atom is -0.434 e. The average molecular weight is 303 g/mol. The Labute approximate surface area is 124 Å². The van der Waals surface area contributed by atoms with Gasteiger partial charge < -0.3 is 15.0 Å². The van der Waals surface area contributed by atoms with Crippen LogP contribution in [0.5, 0.6) is 5.75 Å². The Kier molecular flexibility index (Phi) is 3.69. The van der Waals surface area contributed by atoms with E-state index in [1.165, 1.54) is 6.07 Å². The number of halogens is 2. The van der Waals surface area contributed by atoms with Gasteiger partial charge >= 0.3 is 6.61 Å². The molecule has 0 unspecified atom stereocenters. The molecule has 0 radical (unpaired) electrons. The number of hydrogen-bond acceptors (Lipinski definition) is 5. The number of nitrogens with zero attached hydrogens (tertiary/aromatic N) is 2. The predicted octanol–water partition coefficient (Wildman–Crippen LogP) is 3.59. The molecule has 0 atom stereocenters. The lowest BCUT2D eigenvalue weighted by atomic mass is 10.2. The molecule has 0 aliphatic carbocycles. The van der Waals surface area contributed by atoms with Gasteiger partial charge in [-0.1, -0.05) is 17.3 Å². The Bertz CT molecular complexity index is 772. The zero-order valence-electron chi connectivity index (χ0n) is 11.2. The van der Waals surface area contributed by atoms with Crippen LogP contribution in [0.1, 0.15) is 0 Å². The van der Waals surface area contributed by atoms with Crippen molar-refractivity contribution in [1.29, 1.82) is 0 Å². The summed E-state index contributed by atoms with van der Waals surface area (Å²) in [5.74, 6) is 0.423. The normalized spacial score (nSPS) is 10.9. The van der Waals surface area contributed by atoms with Gasteiger partial charge in [-0.15, -0.1) is 0 Å². The fraction of sp³-hybridized carbons (Fsp3) is 0.0667. The van der Waals surface area contributed by atoms with Gasteiger partial charge in [-0.05, 0) is 36.4 Å². The number of para-hydroxylation sites is 1. The number of rotatable bonds is 4. The summed E-state index contributed by atoms with van der Waals surface area (Å²) < 4.78 is 34.5. The van der Waals surface area contributed by atoms with Gasteiger partial charge in [0.15, 0.2) is 0 Å². The first-order chi connectivity index (χ1) is 10.6. The molecule has 3 rings (SSSR count). The number of benzene rings is 2. The number of hydrogen-bond donors (Lipinski definition) is 1. The summed E-state index contributed by atoms with van der Waals surface area (Å²) in [6.45, 7) is -2.93. The summed E-state index contributed by atoms with van der Waals surface area (Å²) in [6, 6.07) is 13.1. The van der Waals surface area contributed by atoms with Gasteiger partial charge in [0.2, 0.25) is 5.82 Å². The Hall–Kier alpha value is -2.96. The molecular weight excluding hydrogens is 292 g/mol. The summed E-state index contributed by atoms with van der Waals surface area (Å²) in [5, 5.41) is 3.81. The molecule has 22 heavy (non-hydrogen) atoms. The van der Waals surface area contributed by atoms with Crippen molar-refractivity contribution in [3.05, 3.63) is 48.5 Å². The van der Waals surface area contributed by atoms with Crippen LogP contribution in [0.25, 0.3) is 22.8 Å². The zero-order chi connectivity index (χ0) is 15.5. The molecule has 2 aromatic carbocycles. The van der Waals surface area contributed by atoms with Crippen LogP contribution >= 0.6 is 0 Å². The number of anilines is 1. The second-order valence-corrected chi connectivity index (χ2v) is 4.42. The van der Waals surface area contributed by atoms with Gasteiger partial charge in [0, 0.05) is 11.3 Å². The molecule has 0 aliphatic heterocycles. The van der Waals surface area contributed by atoms with E-state index in [0.29, 0.717) is 16.8 Å². The van der Waals surface area contributed by atoms with Gasteiger partial charge in [0.1, 0.15) is 5.75 Å². The first-order valence-corrected chi connectivity index (χ1v) is 6.37. The molecule has 0 fully saturated rings. The van der Waals surface area contributed by atoms with Gasteiger partial charge in [0.25, 0.3) is 5.89 Å². The molecule has 7 heteroatoms. The Morgan fingerprint density at radius 3 is 2.50 bits per heavy atom. The zero-order valence-corrected chi connectivity index (χ0v) is 11.2. The van der Waals surface area contributed by atoms with Crippen molar-refractivity contribution in [2.45, 2.75) is 6.61 Å². The van der Waals surface area contributed by atoms with E-state index >= 15 is 0 Å². The first-order valence-electron chi connectivity index (χ1n) is 6.37. The van der Waals surface area contributed by atoms with Crippen molar-refractivity contribution in [3.63, 3.8) is 0 Å². The van der Waals surface area contributed by atoms with Gasteiger partial charge in [-0.25, -0.2) is 0 Å². The van der Waals surface area contributed by atoms with E-state index < -0.39 is 6.61 Å². The third-order valence-electron chi connectivity index (χ3n) is 2.93. The van der Waals surface area contributed by atoms with Crippen LogP contribution < -0.4 is 10.5 Å². The lowest BCUT2D eigenvalue weighted by Gasteiger charge is -2.07. The number of ether oxygens (including phenoxy) is 1. The van der Waals surface area contributed by atoms with Crippen molar-refractivity contribution >= 4 is 5.69 Å². The third kappa shape index (κ3) is 2.88. The van der Waals surface area contributed by atoms with E-state index in [9.17, 15) is 8.78 Å². The van der Waals surface area contributed by atoms with Crippen molar-refractivity contribution in [3.8, 4) is 28.6 Å². The molecule has 0 spiro atoms. The lowest BCUT2D eigenvalue weighted by molar-refractivity contribution is -0.0494. The van der Waals surface area contributed by atoms with Crippen LogP contribution in [0, 0.1) is 0 Å². The maximum atomic E-state index is 12.4. The second-order valence-electron chi connectivity index (χ2n) is 4.42. The van der Waals surface area contributed by atoms with Crippen LogP contribution in [0.3, 0.4) is 0 Å². The highest BCUT2D eigenvalue weighted by atomic mass is 19.3. The molecule has 2 N–H and O–H groups in total. The molecular formula is C15H11F2N3O2. The van der Waals surface area contributed by atoms with Gasteiger partial charge in [0.05, 0.1) is 5.56 Å². The summed E-state index contributed by atoms with van der Waals surface area (Å²) in [7, 11) is 0. The molecule has 0 saturated heterocycles. The summed E-state index contributed by atoms with van der Waals surface area (Å²) in [4.78, 5) is 4.20. The molecule has 0 bridgehead atoms. The Morgan fingerprint density at radius 2 is 1.77 bits per heavy atom. The number of nitrogen functional groups attached to an aromatic ring is 1. The summed E-state index contributed by atoms with van der Waals surface area (Å²) in [5.41, 5.74) is 7.23. The van der Waals surface area contributed by atoms with E-state index in [1.807, 2.05) is 0 Å². The molecule has 0 amide bonds. The molecule has 1 heterocycles. The van der Waals surface area contributed by atoms with Crippen LogP contribution in [0.4, 0.5) is 14.5 Å². The first kappa shape index (κ1) is 14.0. The summed E-state index contributed by atoms with van der Waals surface area (Å²) in [6.07, 6.45) is 0. The SMILES string of the molecule is Nc1ccc(-c2nc(-c3ccccc3OC(F)F)no2)cc1. The number of nitrogens with two attached hydrogens (primary N) is 1. The van der Waals surface area contributed by atoms with Crippen molar-refractivity contribution in [2.24, 2.45) is 0 Å². The topological polar surface area (TPSA) is 74.2 Å². The maximum Gasteiger partial charge on any atom is 0.387 e. The number of aromatic nitrogens is 2. The second kappa shape index (κ2) is 5.80. The minimum atomic E-state index is -2.93. The van der Waals surface area contributed by atoms with E-state index in [2.05, 4.69) is 14.9 Å². The molecule has 0 saturated carbocycles. The van der Waals surface area contributed by atoms with E-state index in [0.717, 1.165) is 0 Å². The molecule has 0 aliphatic rings. The fourth-order valence-electron chi connectivity index (χ4n) is 1.93. The Morgan fingerprint density at radius 1 is 1.05 bits per heavy atom. The van der Waals surface area contributed by atoms with Gasteiger partial charge in [-0.3, -0.25) is 0 Å². The largest absolute Gasteiger partial charge is 0.434 e. The molecule has 5 nitrogen and oxygen atoms in total. The average Bonchev–Trinajstić information content (AvgIpc) is 2.97. The molecule has 1 aromatic heterocycles.